The number of aromatic nitrogens is 4. The van der Waals surface area contributed by atoms with Crippen LogP contribution in [-0.2, 0) is 6.54 Å². The summed E-state index contributed by atoms with van der Waals surface area (Å²) in [5.74, 6) is 0. The molecule has 2 aliphatic rings. The molecule has 3 heterocycles. The van der Waals surface area contributed by atoms with Gasteiger partial charge < -0.3 is 9.80 Å². The van der Waals surface area contributed by atoms with E-state index in [0.29, 0.717) is 5.41 Å². The molecule has 3 rings (SSSR count). The molecule has 0 saturated carbocycles. The van der Waals surface area contributed by atoms with Crippen molar-refractivity contribution in [2.24, 2.45) is 5.41 Å². The van der Waals surface area contributed by atoms with Gasteiger partial charge >= 0.3 is 0 Å². The third-order valence-electron chi connectivity index (χ3n) is 4.85. The first-order chi connectivity index (χ1) is 9.76. The Morgan fingerprint density at radius 3 is 2.70 bits per heavy atom. The molecule has 1 spiro atoms. The van der Waals surface area contributed by atoms with Gasteiger partial charge in [-0.15, -0.1) is 5.10 Å². The zero-order valence-corrected chi connectivity index (χ0v) is 12.5. The number of nitrogens with zero attached hydrogens (tertiary/aromatic N) is 6. The number of aryl methyl sites for hydroxylation is 1. The van der Waals surface area contributed by atoms with E-state index in [1.54, 1.807) is 6.33 Å². The van der Waals surface area contributed by atoms with Crippen LogP contribution in [0.15, 0.2) is 6.33 Å². The van der Waals surface area contributed by atoms with Crippen molar-refractivity contribution in [2.75, 3.05) is 39.8 Å². The standard InChI is InChI=1S/C14H26N6/c1-18-7-2-5-14(11-18)6-3-8-19(12-14)9-4-10-20-13-15-16-17-20/h13H,2-12H2,1H3. The third-order valence-corrected chi connectivity index (χ3v) is 4.85. The number of hydrogen-bond acceptors (Lipinski definition) is 5. The molecule has 6 heteroatoms. The summed E-state index contributed by atoms with van der Waals surface area (Å²) in [6.45, 7) is 7.22. The molecule has 0 N–H and O–H groups in total. The van der Waals surface area contributed by atoms with Gasteiger partial charge in [0, 0.05) is 19.6 Å². The summed E-state index contributed by atoms with van der Waals surface area (Å²) in [4.78, 5) is 5.18. The Hall–Kier alpha value is -1.01. The highest BCUT2D eigenvalue weighted by molar-refractivity contribution is 4.91. The van der Waals surface area contributed by atoms with E-state index in [2.05, 4.69) is 32.4 Å². The van der Waals surface area contributed by atoms with E-state index in [0.717, 1.165) is 13.0 Å². The van der Waals surface area contributed by atoms with Crippen LogP contribution in [0, 0.1) is 5.41 Å². The molecule has 2 saturated heterocycles. The maximum Gasteiger partial charge on any atom is 0.138 e. The second-order valence-corrected chi connectivity index (χ2v) is 6.65. The summed E-state index contributed by atoms with van der Waals surface area (Å²) in [7, 11) is 2.28. The van der Waals surface area contributed by atoms with Crippen molar-refractivity contribution >= 4 is 0 Å². The van der Waals surface area contributed by atoms with Crippen LogP contribution in [0.3, 0.4) is 0 Å². The molecule has 0 amide bonds. The van der Waals surface area contributed by atoms with Gasteiger partial charge in [0.25, 0.3) is 0 Å². The topological polar surface area (TPSA) is 50.1 Å². The summed E-state index contributed by atoms with van der Waals surface area (Å²) < 4.78 is 1.83. The van der Waals surface area contributed by atoms with Crippen molar-refractivity contribution in [3.05, 3.63) is 6.33 Å². The fourth-order valence-corrected chi connectivity index (χ4v) is 4.03. The first-order valence-electron chi connectivity index (χ1n) is 7.88. The Kier molecular flexibility index (Phi) is 4.31. The molecule has 1 unspecified atom stereocenters. The lowest BCUT2D eigenvalue weighted by Gasteiger charge is -2.48. The van der Waals surface area contributed by atoms with E-state index in [9.17, 15) is 0 Å². The number of likely N-dealkylation sites (tertiary alicyclic amines) is 2. The van der Waals surface area contributed by atoms with Crippen molar-refractivity contribution in [2.45, 2.75) is 38.6 Å². The van der Waals surface area contributed by atoms with E-state index < -0.39 is 0 Å². The van der Waals surface area contributed by atoms with E-state index >= 15 is 0 Å². The Morgan fingerprint density at radius 2 is 1.95 bits per heavy atom. The summed E-state index contributed by atoms with van der Waals surface area (Å²) in [5.41, 5.74) is 0.570. The monoisotopic (exact) mass is 278 g/mol. The van der Waals surface area contributed by atoms with Crippen LogP contribution in [0.2, 0.25) is 0 Å². The molecule has 20 heavy (non-hydrogen) atoms. The highest BCUT2D eigenvalue weighted by Gasteiger charge is 2.37. The van der Waals surface area contributed by atoms with Gasteiger partial charge in [0.05, 0.1) is 0 Å². The summed E-state index contributed by atoms with van der Waals surface area (Å²) in [6.07, 6.45) is 8.40. The lowest BCUT2D eigenvalue weighted by molar-refractivity contribution is 0.0222. The van der Waals surface area contributed by atoms with Gasteiger partial charge in [-0.25, -0.2) is 4.68 Å². The molecule has 1 atom stereocenters. The Morgan fingerprint density at radius 1 is 1.10 bits per heavy atom. The summed E-state index contributed by atoms with van der Waals surface area (Å²) in [5, 5.41) is 11.3. The highest BCUT2D eigenvalue weighted by Crippen LogP contribution is 2.37. The maximum absolute atomic E-state index is 3.92. The van der Waals surface area contributed by atoms with Gasteiger partial charge in [-0.2, -0.15) is 0 Å². The van der Waals surface area contributed by atoms with Crippen LogP contribution in [0.5, 0.6) is 0 Å². The van der Waals surface area contributed by atoms with E-state index in [4.69, 9.17) is 0 Å². The molecule has 112 valence electrons. The summed E-state index contributed by atoms with van der Waals surface area (Å²) >= 11 is 0. The normalized spacial score (nSPS) is 29.1. The average Bonchev–Trinajstić information content (AvgIpc) is 2.92. The van der Waals surface area contributed by atoms with Gasteiger partial charge in [0.1, 0.15) is 6.33 Å². The van der Waals surface area contributed by atoms with Crippen LogP contribution >= 0.6 is 0 Å². The first-order valence-corrected chi connectivity index (χ1v) is 7.88. The van der Waals surface area contributed by atoms with Crippen molar-refractivity contribution < 1.29 is 0 Å². The molecule has 0 bridgehead atoms. The highest BCUT2D eigenvalue weighted by atomic mass is 15.5. The third kappa shape index (κ3) is 3.35. The van der Waals surface area contributed by atoms with E-state index in [1.165, 1.54) is 58.4 Å². The molecule has 0 radical (unpaired) electrons. The largest absolute Gasteiger partial charge is 0.306 e. The molecule has 1 aromatic rings. The van der Waals surface area contributed by atoms with Crippen LogP contribution in [0.25, 0.3) is 0 Å². The minimum absolute atomic E-state index is 0.570. The molecular formula is C14H26N6. The van der Waals surface area contributed by atoms with Crippen molar-refractivity contribution in [3.63, 3.8) is 0 Å². The van der Waals surface area contributed by atoms with Crippen LogP contribution in [-0.4, -0.2) is 69.8 Å². The lowest BCUT2D eigenvalue weighted by atomic mass is 9.74. The number of tetrazole rings is 1. The Bertz CT molecular complexity index is 402. The predicted octanol–water partition coefficient (Wildman–Crippen LogP) is 0.871. The number of rotatable bonds is 4. The van der Waals surface area contributed by atoms with Crippen molar-refractivity contribution in [1.82, 2.24) is 30.0 Å². The fraction of sp³-hybridized carbons (Fsp3) is 0.929. The van der Waals surface area contributed by atoms with E-state index in [1.807, 2.05) is 4.68 Å². The Balaban J connectivity index is 1.47. The molecule has 0 aliphatic carbocycles. The van der Waals surface area contributed by atoms with Gasteiger partial charge in [-0.05, 0) is 74.6 Å². The van der Waals surface area contributed by atoms with Crippen LogP contribution < -0.4 is 0 Å². The maximum atomic E-state index is 3.92. The van der Waals surface area contributed by atoms with E-state index in [-0.39, 0.29) is 0 Å². The van der Waals surface area contributed by atoms with Crippen molar-refractivity contribution in [1.29, 1.82) is 0 Å². The van der Waals surface area contributed by atoms with Gasteiger partial charge in [0.2, 0.25) is 0 Å². The minimum Gasteiger partial charge on any atom is -0.306 e. The first kappa shape index (κ1) is 13.9. The fourth-order valence-electron chi connectivity index (χ4n) is 4.03. The predicted molar refractivity (Wildman–Crippen MR) is 77.3 cm³/mol. The number of hydrogen-bond donors (Lipinski definition) is 0. The zero-order chi connectivity index (χ0) is 13.8. The molecule has 0 aromatic carbocycles. The second kappa shape index (κ2) is 6.18. The minimum atomic E-state index is 0.570. The molecular weight excluding hydrogens is 252 g/mol. The Labute approximate surface area is 121 Å². The molecule has 2 fully saturated rings. The SMILES string of the molecule is CN1CCCC2(CCCN(CCCn3cnnn3)C2)C1. The molecule has 2 aliphatic heterocycles. The number of piperidine rings is 2. The van der Waals surface area contributed by atoms with Crippen LogP contribution in [0.1, 0.15) is 32.1 Å². The zero-order valence-electron chi connectivity index (χ0n) is 12.5. The molecule has 6 nitrogen and oxygen atoms in total. The van der Waals surface area contributed by atoms with Gasteiger partial charge in [-0.1, -0.05) is 0 Å². The van der Waals surface area contributed by atoms with Crippen molar-refractivity contribution in [3.8, 4) is 0 Å². The smallest absolute Gasteiger partial charge is 0.138 e. The second-order valence-electron chi connectivity index (χ2n) is 6.65. The van der Waals surface area contributed by atoms with Gasteiger partial charge in [-0.3, -0.25) is 0 Å². The van der Waals surface area contributed by atoms with Crippen LogP contribution in [0.4, 0.5) is 0 Å². The average molecular weight is 278 g/mol. The molecule has 1 aromatic heterocycles. The van der Waals surface area contributed by atoms with Gasteiger partial charge in [0.15, 0.2) is 0 Å². The summed E-state index contributed by atoms with van der Waals surface area (Å²) in [6, 6.07) is 0. The lowest BCUT2D eigenvalue weighted by Crippen LogP contribution is -2.51. The quantitative estimate of drug-likeness (QED) is 0.818.